The van der Waals surface area contributed by atoms with Gasteiger partial charge in [0.05, 0.1) is 0 Å². The second-order valence-corrected chi connectivity index (χ2v) is 2.37. The highest BCUT2D eigenvalue weighted by molar-refractivity contribution is 5.57. The van der Waals surface area contributed by atoms with Crippen LogP contribution < -0.4 is 0 Å². The van der Waals surface area contributed by atoms with Crippen LogP contribution in [-0.4, -0.2) is 37.4 Å². The molecule has 12 heavy (non-hydrogen) atoms. The molecule has 5 nitrogen and oxygen atoms in total. The third kappa shape index (κ3) is 4.15. The zero-order valence-electron chi connectivity index (χ0n) is 7.49. The predicted octanol–water partition coefficient (Wildman–Crippen LogP) is 1.08. The summed E-state index contributed by atoms with van der Waals surface area (Å²) < 4.78 is 14.3. The maximum atomic E-state index is 10.2. The fourth-order valence-electron chi connectivity index (χ4n) is 0.853. The van der Waals surface area contributed by atoms with Crippen LogP contribution in [-0.2, 0) is 14.2 Å². The van der Waals surface area contributed by atoms with Crippen LogP contribution in [0.15, 0.2) is 0 Å². The Kier molecular flexibility index (Phi) is 4.61. The van der Waals surface area contributed by atoms with E-state index in [-0.39, 0.29) is 6.61 Å². The van der Waals surface area contributed by atoms with Crippen molar-refractivity contribution in [2.45, 2.75) is 19.6 Å². The molecule has 0 heterocycles. The van der Waals surface area contributed by atoms with E-state index in [1.54, 1.807) is 6.92 Å². The quantitative estimate of drug-likeness (QED) is 0.504. The summed E-state index contributed by atoms with van der Waals surface area (Å²) in [6.07, 6.45) is -1.37. The van der Waals surface area contributed by atoms with Gasteiger partial charge in [-0.3, -0.25) is 0 Å². The lowest BCUT2D eigenvalue weighted by molar-refractivity contribution is -0.219. The normalized spacial score (nSPS) is 15.2. The van der Waals surface area contributed by atoms with E-state index in [1.807, 2.05) is 0 Å². The van der Waals surface area contributed by atoms with E-state index in [4.69, 9.17) is 14.6 Å². The first-order valence-corrected chi connectivity index (χ1v) is 3.59. The Labute approximate surface area is 71.2 Å². The molecule has 0 amide bonds. The van der Waals surface area contributed by atoms with E-state index >= 15 is 0 Å². The maximum Gasteiger partial charge on any atom is 0.508 e. The molecule has 0 fully saturated rings. The summed E-state index contributed by atoms with van der Waals surface area (Å²) in [7, 11) is 1.45. The van der Waals surface area contributed by atoms with Crippen LogP contribution >= 0.6 is 0 Å². The standard InChI is InChI=1S/C7H14O5/c1-4-11-7(2,5-10-3)12-6(8)9/h4-5H2,1-3H3,(H,8,9). The molecule has 72 valence electrons. The summed E-state index contributed by atoms with van der Waals surface area (Å²) in [4.78, 5) is 10.2. The molecule has 1 atom stereocenters. The molecule has 5 heteroatoms. The van der Waals surface area contributed by atoms with Gasteiger partial charge in [0.15, 0.2) is 0 Å². The summed E-state index contributed by atoms with van der Waals surface area (Å²) in [5.41, 5.74) is 0. The third-order valence-electron chi connectivity index (χ3n) is 1.16. The van der Waals surface area contributed by atoms with Gasteiger partial charge in [-0.1, -0.05) is 0 Å². The number of ether oxygens (including phenoxy) is 3. The largest absolute Gasteiger partial charge is 0.508 e. The lowest BCUT2D eigenvalue weighted by Crippen LogP contribution is -2.39. The fraction of sp³-hybridized carbons (Fsp3) is 0.857. The smallest absolute Gasteiger partial charge is 0.450 e. The van der Waals surface area contributed by atoms with E-state index in [0.29, 0.717) is 6.61 Å². The summed E-state index contributed by atoms with van der Waals surface area (Å²) in [6.45, 7) is 3.70. The summed E-state index contributed by atoms with van der Waals surface area (Å²) in [5, 5.41) is 8.34. The molecule has 0 aromatic heterocycles. The van der Waals surface area contributed by atoms with Crippen LogP contribution in [0, 0.1) is 0 Å². The molecule has 0 bridgehead atoms. The summed E-state index contributed by atoms with van der Waals surface area (Å²) in [5.74, 6) is -1.20. The van der Waals surface area contributed by atoms with Crippen molar-refractivity contribution in [2.24, 2.45) is 0 Å². The molecule has 1 unspecified atom stereocenters. The van der Waals surface area contributed by atoms with E-state index in [9.17, 15) is 4.79 Å². The second-order valence-electron chi connectivity index (χ2n) is 2.37. The molecule has 0 rings (SSSR count). The molecular formula is C7H14O5. The number of methoxy groups -OCH3 is 1. The van der Waals surface area contributed by atoms with Crippen molar-refractivity contribution in [3.63, 3.8) is 0 Å². The molecule has 0 saturated carbocycles. The topological polar surface area (TPSA) is 65.0 Å². The molecular weight excluding hydrogens is 164 g/mol. The number of hydrogen-bond donors (Lipinski definition) is 1. The predicted molar refractivity (Wildman–Crippen MR) is 41.0 cm³/mol. The van der Waals surface area contributed by atoms with Gasteiger partial charge in [-0.25, -0.2) is 4.79 Å². The monoisotopic (exact) mass is 178 g/mol. The Morgan fingerprint density at radius 3 is 2.50 bits per heavy atom. The average Bonchev–Trinajstić information content (AvgIpc) is 1.85. The Bertz CT molecular complexity index is 139. The first-order chi connectivity index (χ1) is 5.54. The lowest BCUT2D eigenvalue weighted by Gasteiger charge is -2.26. The summed E-state index contributed by atoms with van der Waals surface area (Å²) in [6, 6.07) is 0. The van der Waals surface area contributed by atoms with Gasteiger partial charge in [0, 0.05) is 20.6 Å². The van der Waals surface area contributed by atoms with Gasteiger partial charge in [0.1, 0.15) is 6.61 Å². The molecule has 0 aromatic rings. The van der Waals surface area contributed by atoms with Crippen LogP contribution in [0.2, 0.25) is 0 Å². The number of carbonyl (C=O) groups is 1. The minimum absolute atomic E-state index is 0.0765. The van der Waals surface area contributed by atoms with Crippen molar-refractivity contribution in [3.8, 4) is 0 Å². The van der Waals surface area contributed by atoms with Gasteiger partial charge >= 0.3 is 6.16 Å². The molecule has 0 aromatic carbocycles. The lowest BCUT2D eigenvalue weighted by atomic mass is 10.3. The van der Waals surface area contributed by atoms with Crippen LogP contribution in [0.1, 0.15) is 13.8 Å². The van der Waals surface area contributed by atoms with Gasteiger partial charge in [-0.2, -0.15) is 0 Å². The molecule has 0 radical (unpaired) electrons. The molecule has 0 aliphatic rings. The third-order valence-corrected chi connectivity index (χ3v) is 1.16. The zero-order valence-corrected chi connectivity index (χ0v) is 7.49. The second kappa shape index (κ2) is 4.95. The zero-order chi connectivity index (χ0) is 9.61. The fourth-order valence-corrected chi connectivity index (χ4v) is 0.853. The van der Waals surface area contributed by atoms with Crippen molar-refractivity contribution < 1.29 is 24.1 Å². The van der Waals surface area contributed by atoms with Gasteiger partial charge in [-0.15, -0.1) is 0 Å². The first-order valence-electron chi connectivity index (χ1n) is 3.59. The van der Waals surface area contributed by atoms with Crippen molar-refractivity contribution >= 4 is 6.16 Å². The van der Waals surface area contributed by atoms with Gasteiger partial charge in [0.2, 0.25) is 5.79 Å². The first kappa shape index (κ1) is 11.2. The van der Waals surface area contributed by atoms with Crippen LogP contribution in [0.25, 0.3) is 0 Å². The van der Waals surface area contributed by atoms with Crippen molar-refractivity contribution in [3.05, 3.63) is 0 Å². The number of carboxylic acid groups (broad SMARTS) is 1. The van der Waals surface area contributed by atoms with Crippen LogP contribution in [0.4, 0.5) is 4.79 Å². The van der Waals surface area contributed by atoms with Gasteiger partial charge < -0.3 is 19.3 Å². The van der Waals surface area contributed by atoms with E-state index < -0.39 is 11.9 Å². The molecule has 1 N–H and O–H groups in total. The molecule has 0 aliphatic heterocycles. The Balaban J connectivity index is 4.07. The molecule has 0 saturated heterocycles. The van der Waals surface area contributed by atoms with E-state index in [0.717, 1.165) is 0 Å². The Hall–Kier alpha value is -0.810. The molecule has 0 spiro atoms. The summed E-state index contributed by atoms with van der Waals surface area (Å²) >= 11 is 0. The SMILES string of the molecule is CCOC(C)(COC)OC(=O)O. The average molecular weight is 178 g/mol. The van der Waals surface area contributed by atoms with Crippen molar-refractivity contribution in [2.75, 3.05) is 20.3 Å². The van der Waals surface area contributed by atoms with E-state index in [2.05, 4.69) is 4.74 Å². The maximum absolute atomic E-state index is 10.2. The van der Waals surface area contributed by atoms with Gasteiger partial charge in [0.25, 0.3) is 0 Å². The highest BCUT2D eigenvalue weighted by Crippen LogP contribution is 2.12. The highest BCUT2D eigenvalue weighted by Gasteiger charge is 2.29. The number of rotatable bonds is 5. The van der Waals surface area contributed by atoms with Crippen LogP contribution in [0.3, 0.4) is 0 Å². The van der Waals surface area contributed by atoms with Crippen molar-refractivity contribution in [1.29, 1.82) is 0 Å². The van der Waals surface area contributed by atoms with Crippen LogP contribution in [0.5, 0.6) is 0 Å². The van der Waals surface area contributed by atoms with Crippen molar-refractivity contribution in [1.82, 2.24) is 0 Å². The highest BCUT2D eigenvalue weighted by atomic mass is 16.8. The Morgan fingerprint density at radius 1 is 1.58 bits per heavy atom. The molecule has 0 aliphatic carbocycles. The minimum atomic E-state index is -1.37. The minimum Gasteiger partial charge on any atom is -0.450 e. The van der Waals surface area contributed by atoms with Gasteiger partial charge in [-0.05, 0) is 6.92 Å². The Morgan fingerprint density at radius 2 is 2.17 bits per heavy atom. The van der Waals surface area contributed by atoms with E-state index in [1.165, 1.54) is 14.0 Å². The number of hydrogen-bond acceptors (Lipinski definition) is 4.